The summed E-state index contributed by atoms with van der Waals surface area (Å²) in [5.74, 6) is -0.0999. The van der Waals surface area contributed by atoms with Gasteiger partial charge < -0.3 is 14.7 Å². The molecule has 1 aromatic heterocycles. The fourth-order valence-corrected chi connectivity index (χ4v) is 1.52. The predicted octanol–water partition coefficient (Wildman–Crippen LogP) is 1.70. The van der Waals surface area contributed by atoms with Crippen molar-refractivity contribution in [1.82, 2.24) is 0 Å². The number of phenols is 1. The molecule has 5 nitrogen and oxygen atoms in total. The molecule has 2 aromatic rings. The second-order valence-corrected chi connectivity index (χ2v) is 3.32. The monoisotopic (exact) mass is 219 g/mol. The van der Waals surface area contributed by atoms with Gasteiger partial charge in [-0.05, 0) is 25.1 Å². The van der Waals surface area contributed by atoms with E-state index in [0.717, 1.165) is 0 Å². The summed E-state index contributed by atoms with van der Waals surface area (Å²) in [5.41, 5.74) is 0.0861. The number of oxime groups is 1. The maximum Gasteiger partial charge on any atom is 0.336 e. The Morgan fingerprint density at radius 2 is 2.00 bits per heavy atom. The molecule has 2 N–H and O–H groups in total. The van der Waals surface area contributed by atoms with Gasteiger partial charge in [0.15, 0.2) is 5.58 Å². The summed E-state index contributed by atoms with van der Waals surface area (Å²) in [6.45, 7) is 1.50. The molecule has 82 valence electrons. The Kier molecular flexibility index (Phi) is 2.36. The molecule has 5 heteroatoms. The number of hydrogen-bond donors (Lipinski definition) is 2. The zero-order chi connectivity index (χ0) is 11.7. The Labute approximate surface area is 90.2 Å². The zero-order valence-corrected chi connectivity index (χ0v) is 8.47. The lowest BCUT2D eigenvalue weighted by atomic mass is 10.1. The first kappa shape index (κ1) is 10.2. The van der Waals surface area contributed by atoms with Crippen LogP contribution >= 0.6 is 0 Å². The molecular formula is C11H9NO4. The molecule has 16 heavy (non-hydrogen) atoms. The van der Waals surface area contributed by atoms with Gasteiger partial charge in [0.05, 0.1) is 11.3 Å². The zero-order valence-electron chi connectivity index (χ0n) is 8.47. The minimum absolute atomic E-state index is 0.0999. The molecular weight excluding hydrogens is 210 g/mol. The lowest BCUT2D eigenvalue weighted by Crippen LogP contribution is -2.01. The van der Waals surface area contributed by atoms with Gasteiger partial charge in [0.2, 0.25) is 0 Å². The van der Waals surface area contributed by atoms with Gasteiger partial charge in [-0.3, -0.25) is 0 Å². The number of nitrogens with zero attached hydrogens (tertiary/aromatic N) is 1. The van der Waals surface area contributed by atoms with Gasteiger partial charge in [0, 0.05) is 11.5 Å². The maximum atomic E-state index is 11.1. The van der Waals surface area contributed by atoms with Crippen molar-refractivity contribution in [2.45, 2.75) is 6.92 Å². The summed E-state index contributed by atoms with van der Waals surface area (Å²) in [7, 11) is 0. The molecule has 0 aliphatic heterocycles. The van der Waals surface area contributed by atoms with Crippen molar-refractivity contribution in [1.29, 1.82) is 0 Å². The minimum Gasteiger partial charge on any atom is -0.507 e. The van der Waals surface area contributed by atoms with Crippen molar-refractivity contribution in [2.24, 2.45) is 5.16 Å². The summed E-state index contributed by atoms with van der Waals surface area (Å²) < 4.78 is 4.99. The number of rotatable bonds is 1. The van der Waals surface area contributed by atoms with Crippen molar-refractivity contribution in [2.75, 3.05) is 0 Å². The van der Waals surface area contributed by atoms with Crippen LogP contribution in [0.1, 0.15) is 12.5 Å². The third-order valence-corrected chi connectivity index (χ3v) is 2.28. The molecule has 2 rings (SSSR count). The van der Waals surface area contributed by atoms with Gasteiger partial charge in [-0.2, -0.15) is 0 Å². The molecule has 0 radical (unpaired) electrons. The first-order valence-corrected chi connectivity index (χ1v) is 4.58. The van der Waals surface area contributed by atoms with E-state index in [1.54, 1.807) is 12.1 Å². The van der Waals surface area contributed by atoms with Crippen LogP contribution in [0, 0.1) is 0 Å². The van der Waals surface area contributed by atoms with Gasteiger partial charge in [0.1, 0.15) is 5.75 Å². The van der Waals surface area contributed by atoms with Crippen LogP contribution < -0.4 is 5.63 Å². The average molecular weight is 219 g/mol. The van der Waals surface area contributed by atoms with Gasteiger partial charge in [0.25, 0.3) is 0 Å². The normalized spacial score (nSPS) is 11.9. The molecule has 0 aliphatic carbocycles. The van der Waals surface area contributed by atoms with Crippen molar-refractivity contribution in [3.8, 4) is 5.75 Å². The first-order valence-electron chi connectivity index (χ1n) is 4.58. The molecule has 0 fully saturated rings. The Morgan fingerprint density at radius 3 is 2.69 bits per heavy atom. The van der Waals surface area contributed by atoms with Crippen LogP contribution in [0.5, 0.6) is 5.75 Å². The highest BCUT2D eigenvalue weighted by molar-refractivity contribution is 6.09. The Bertz CT molecular complexity index is 627. The molecule has 0 aliphatic rings. The lowest BCUT2D eigenvalue weighted by molar-refractivity contribution is 0.318. The van der Waals surface area contributed by atoms with Gasteiger partial charge in [-0.25, -0.2) is 4.79 Å². The summed E-state index contributed by atoms with van der Waals surface area (Å²) in [6, 6.07) is 5.93. The van der Waals surface area contributed by atoms with Crippen LogP contribution in [0.3, 0.4) is 0 Å². The molecule has 0 unspecified atom stereocenters. The van der Waals surface area contributed by atoms with E-state index in [0.29, 0.717) is 5.39 Å². The summed E-state index contributed by atoms with van der Waals surface area (Å²) >= 11 is 0. The van der Waals surface area contributed by atoms with E-state index in [1.165, 1.54) is 19.1 Å². The van der Waals surface area contributed by atoms with Crippen LogP contribution in [0.15, 0.2) is 38.6 Å². The van der Waals surface area contributed by atoms with E-state index >= 15 is 0 Å². The smallest absolute Gasteiger partial charge is 0.336 e. The van der Waals surface area contributed by atoms with Gasteiger partial charge in [-0.15, -0.1) is 0 Å². The topological polar surface area (TPSA) is 83.0 Å². The second-order valence-electron chi connectivity index (χ2n) is 3.32. The minimum atomic E-state index is -0.523. The van der Waals surface area contributed by atoms with E-state index in [2.05, 4.69) is 5.16 Å². The van der Waals surface area contributed by atoms with E-state index in [9.17, 15) is 9.90 Å². The van der Waals surface area contributed by atoms with E-state index < -0.39 is 5.63 Å². The highest BCUT2D eigenvalue weighted by atomic mass is 16.4. The van der Waals surface area contributed by atoms with E-state index in [1.807, 2.05) is 0 Å². The predicted molar refractivity (Wildman–Crippen MR) is 58.1 cm³/mol. The first-order chi connectivity index (χ1) is 7.63. The molecule has 0 spiro atoms. The Balaban J connectivity index is 2.93. The van der Waals surface area contributed by atoms with Crippen LogP contribution in [-0.4, -0.2) is 16.0 Å². The molecule has 0 saturated heterocycles. The number of phenolic OH excluding ortho intramolecular Hbond substituents is 1. The van der Waals surface area contributed by atoms with Crippen LogP contribution in [-0.2, 0) is 0 Å². The number of benzene rings is 1. The standard InChI is InChI=1S/C11H9NO4/c1-6(12-15)10-8(13)4-2-7-3-5-9(14)16-11(7)10/h2-5,13,15H,1H3/b12-6+. The molecule has 0 atom stereocenters. The van der Waals surface area contributed by atoms with Crippen LogP contribution in [0.2, 0.25) is 0 Å². The highest BCUT2D eigenvalue weighted by Crippen LogP contribution is 2.26. The number of fused-ring (bicyclic) bond motifs is 1. The Morgan fingerprint density at radius 1 is 1.31 bits per heavy atom. The fraction of sp³-hybridized carbons (Fsp3) is 0.0909. The fourth-order valence-electron chi connectivity index (χ4n) is 1.52. The average Bonchev–Trinajstić information content (AvgIpc) is 2.28. The molecule has 1 aromatic carbocycles. The number of aromatic hydroxyl groups is 1. The maximum absolute atomic E-state index is 11.1. The van der Waals surface area contributed by atoms with Crippen LogP contribution in [0.4, 0.5) is 0 Å². The summed E-state index contributed by atoms with van der Waals surface area (Å²) in [6.07, 6.45) is 0. The summed E-state index contributed by atoms with van der Waals surface area (Å²) in [5, 5.41) is 22.0. The van der Waals surface area contributed by atoms with Crippen molar-refractivity contribution >= 4 is 16.7 Å². The van der Waals surface area contributed by atoms with Crippen molar-refractivity contribution < 1.29 is 14.7 Å². The third-order valence-electron chi connectivity index (χ3n) is 2.28. The Hall–Kier alpha value is -2.30. The lowest BCUT2D eigenvalue weighted by Gasteiger charge is -2.05. The van der Waals surface area contributed by atoms with Gasteiger partial charge in [-0.1, -0.05) is 5.16 Å². The molecule has 0 bridgehead atoms. The molecule has 0 amide bonds. The summed E-state index contributed by atoms with van der Waals surface area (Å²) in [4.78, 5) is 11.1. The SMILES string of the molecule is C/C(=N\O)c1c(O)ccc2ccc(=O)oc12. The third kappa shape index (κ3) is 1.52. The highest BCUT2D eigenvalue weighted by Gasteiger charge is 2.12. The van der Waals surface area contributed by atoms with Crippen LogP contribution in [0.25, 0.3) is 11.0 Å². The van der Waals surface area contributed by atoms with Gasteiger partial charge >= 0.3 is 5.63 Å². The largest absolute Gasteiger partial charge is 0.507 e. The van der Waals surface area contributed by atoms with Crippen molar-refractivity contribution in [3.05, 3.63) is 40.2 Å². The van der Waals surface area contributed by atoms with E-state index in [-0.39, 0.29) is 22.6 Å². The number of hydrogen-bond acceptors (Lipinski definition) is 5. The quantitative estimate of drug-likeness (QED) is 0.331. The second kappa shape index (κ2) is 3.69. The molecule has 0 saturated carbocycles. The van der Waals surface area contributed by atoms with E-state index in [4.69, 9.17) is 9.62 Å². The molecule has 1 heterocycles. The van der Waals surface area contributed by atoms with Crippen molar-refractivity contribution in [3.63, 3.8) is 0 Å².